The normalized spacial score (nSPS) is 8.85. The number of carboxylic acids is 2. The summed E-state index contributed by atoms with van der Waals surface area (Å²) in [6.07, 6.45) is 0.960. The first-order valence-corrected chi connectivity index (χ1v) is 8.92. The fraction of sp³-hybridized carbons (Fsp3) is 0.111. The lowest BCUT2D eigenvalue weighted by atomic mass is 10.3. The molecule has 0 unspecified atom stereocenters. The van der Waals surface area contributed by atoms with Crippen molar-refractivity contribution in [3.8, 4) is 0 Å². The molecule has 0 bridgehead atoms. The summed E-state index contributed by atoms with van der Waals surface area (Å²) in [6, 6.07) is 15.2. The molecule has 2 rings (SSSR count). The van der Waals surface area contributed by atoms with Gasteiger partial charge in [0.15, 0.2) is 0 Å². The van der Waals surface area contributed by atoms with Gasteiger partial charge in [0.2, 0.25) is 0 Å². The molecule has 0 aliphatic rings. The molecule has 0 heterocycles. The summed E-state index contributed by atoms with van der Waals surface area (Å²) in [5, 5.41) is 19.0. The predicted molar refractivity (Wildman–Crippen MR) is 111 cm³/mol. The molecular formula is C18H20Br2N2O4. The summed E-state index contributed by atoms with van der Waals surface area (Å²) >= 11 is 6.62. The summed E-state index contributed by atoms with van der Waals surface area (Å²) < 4.78 is 1.90. The molecule has 0 aromatic heterocycles. The number of halogens is 2. The number of carboxylic acid groups (broad SMARTS) is 2. The zero-order chi connectivity index (χ0) is 19.9. The molecule has 0 amide bonds. The minimum absolute atomic E-state index is 0.126. The molecule has 0 radical (unpaired) electrons. The van der Waals surface area contributed by atoms with Crippen molar-refractivity contribution in [2.75, 3.05) is 17.6 Å². The van der Waals surface area contributed by atoms with Gasteiger partial charge in [0, 0.05) is 32.9 Å². The first-order valence-electron chi connectivity index (χ1n) is 7.33. The molecule has 26 heavy (non-hydrogen) atoms. The first-order chi connectivity index (χ1) is 12.3. The molecular weight excluding hydrogens is 468 g/mol. The van der Waals surface area contributed by atoms with Gasteiger partial charge in [-0.3, -0.25) is 4.79 Å². The minimum Gasteiger partial charge on any atom is -0.481 e. The van der Waals surface area contributed by atoms with Crippen molar-refractivity contribution in [3.63, 3.8) is 0 Å². The molecule has 2 aromatic carbocycles. The summed E-state index contributed by atoms with van der Waals surface area (Å²) in [5.41, 5.74) is 7.18. The van der Waals surface area contributed by atoms with E-state index in [2.05, 4.69) is 43.8 Å². The third-order valence-corrected chi connectivity index (χ3v) is 4.02. The number of rotatable bonds is 5. The largest absolute Gasteiger partial charge is 0.481 e. The highest BCUT2D eigenvalue weighted by atomic mass is 79.9. The maximum Gasteiger partial charge on any atom is 0.327 e. The van der Waals surface area contributed by atoms with Crippen LogP contribution in [0.15, 0.2) is 70.1 Å². The molecule has 0 aliphatic carbocycles. The van der Waals surface area contributed by atoms with Crippen molar-refractivity contribution in [3.05, 3.63) is 70.1 Å². The van der Waals surface area contributed by atoms with E-state index in [4.69, 9.17) is 15.9 Å². The van der Waals surface area contributed by atoms with Crippen LogP contribution in [0, 0.1) is 0 Å². The lowest BCUT2D eigenvalue weighted by molar-refractivity contribution is -0.136. The third-order valence-electron chi connectivity index (χ3n) is 2.61. The fourth-order valence-electron chi connectivity index (χ4n) is 1.38. The van der Waals surface area contributed by atoms with Gasteiger partial charge in [-0.1, -0.05) is 30.8 Å². The lowest BCUT2D eigenvalue weighted by Crippen LogP contribution is -2.07. The number of nitrogens with one attached hydrogen (secondary N) is 1. The average Bonchev–Trinajstić information content (AvgIpc) is 2.60. The van der Waals surface area contributed by atoms with Gasteiger partial charge in [0.1, 0.15) is 0 Å². The highest BCUT2D eigenvalue weighted by Crippen LogP contribution is 2.20. The van der Waals surface area contributed by atoms with E-state index >= 15 is 0 Å². The standard InChI is InChI=1S/C9H10BrNO2.C6H6BrN.C3H4O2/c10-7-3-1-2-4-8(7)11-6-5-9(12)13;7-5-3-1-2-4-6(5)8;1-2-3(4)5/h1-4,11H,5-6H2,(H,12,13);1-4H,8H2;2H,1H2,(H,4,5). The summed E-state index contributed by atoms with van der Waals surface area (Å²) in [5.74, 6) is -1.77. The van der Waals surface area contributed by atoms with Crippen LogP contribution in [0.5, 0.6) is 0 Å². The maximum atomic E-state index is 10.2. The Labute approximate surface area is 169 Å². The van der Waals surface area contributed by atoms with Gasteiger partial charge in [-0.2, -0.15) is 0 Å². The number of carbonyl (C=O) groups is 2. The Kier molecular flexibility index (Phi) is 12.7. The van der Waals surface area contributed by atoms with Gasteiger partial charge < -0.3 is 21.3 Å². The van der Waals surface area contributed by atoms with Crippen LogP contribution in [0.25, 0.3) is 0 Å². The zero-order valence-electron chi connectivity index (χ0n) is 13.9. The summed E-state index contributed by atoms with van der Waals surface area (Å²) in [4.78, 5) is 19.5. The van der Waals surface area contributed by atoms with Crippen LogP contribution in [0.3, 0.4) is 0 Å². The van der Waals surface area contributed by atoms with Gasteiger partial charge in [0.25, 0.3) is 0 Å². The Balaban J connectivity index is 0.000000409. The van der Waals surface area contributed by atoms with Crippen LogP contribution < -0.4 is 11.1 Å². The van der Waals surface area contributed by atoms with E-state index in [1.165, 1.54) is 0 Å². The zero-order valence-corrected chi connectivity index (χ0v) is 17.0. The second-order valence-corrected chi connectivity index (χ2v) is 6.32. The molecule has 5 N–H and O–H groups in total. The van der Waals surface area contributed by atoms with E-state index in [9.17, 15) is 9.59 Å². The number of hydrogen-bond donors (Lipinski definition) is 4. The number of aliphatic carboxylic acids is 2. The molecule has 2 aromatic rings. The van der Waals surface area contributed by atoms with Gasteiger partial charge >= 0.3 is 11.9 Å². The van der Waals surface area contributed by atoms with Crippen LogP contribution in [0.4, 0.5) is 11.4 Å². The SMILES string of the molecule is C=CC(=O)O.Nc1ccccc1Br.O=C(O)CCNc1ccccc1Br. The molecule has 0 saturated heterocycles. The van der Waals surface area contributed by atoms with Gasteiger partial charge in [-0.25, -0.2) is 4.79 Å². The molecule has 140 valence electrons. The van der Waals surface area contributed by atoms with Crippen molar-refractivity contribution >= 4 is 55.2 Å². The molecule has 0 atom stereocenters. The Morgan fingerprint density at radius 2 is 1.54 bits per heavy atom. The van der Waals surface area contributed by atoms with Crippen LogP contribution in [0.1, 0.15) is 6.42 Å². The summed E-state index contributed by atoms with van der Waals surface area (Å²) in [7, 11) is 0. The Morgan fingerprint density at radius 1 is 1.04 bits per heavy atom. The molecule has 0 saturated carbocycles. The second-order valence-electron chi connectivity index (χ2n) is 4.61. The highest BCUT2D eigenvalue weighted by molar-refractivity contribution is 9.11. The Morgan fingerprint density at radius 3 is 1.92 bits per heavy atom. The maximum absolute atomic E-state index is 10.2. The number of nitrogens with two attached hydrogens (primary N) is 1. The van der Waals surface area contributed by atoms with Crippen molar-refractivity contribution in [1.29, 1.82) is 0 Å². The van der Waals surface area contributed by atoms with Crippen LogP contribution in [-0.2, 0) is 9.59 Å². The van der Waals surface area contributed by atoms with Crippen LogP contribution >= 0.6 is 31.9 Å². The smallest absolute Gasteiger partial charge is 0.327 e. The van der Waals surface area contributed by atoms with E-state index in [1.807, 2.05) is 48.5 Å². The first kappa shape index (κ1) is 23.7. The molecule has 0 fully saturated rings. The van der Waals surface area contributed by atoms with Crippen molar-refractivity contribution < 1.29 is 19.8 Å². The van der Waals surface area contributed by atoms with Crippen LogP contribution in [0.2, 0.25) is 0 Å². The summed E-state index contributed by atoms with van der Waals surface area (Å²) in [6.45, 7) is 3.40. The van der Waals surface area contributed by atoms with E-state index in [-0.39, 0.29) is 6.42 Å². The third kappa shape index (κ3) is 12.1. The topological polar surface area (TPSA) is 113 Å². The molecule has 0 aliphatic heterocycles. The van der Waals surface area contributed by atoms with Crippen molar-refractivity contribution in [2.24, 2.45) is 0 Å². The number of hydrogen-bond acceptors (Lipinski definition) is 4. The average molecular weight is 488 g/mol. The van der Waals surface area contributed by atoms with Crippen molar-refractivity contribution in [1.82, 2.24) is 0 Å². The van der Waals surface area contributed by atoms with E-state index in [0.717, 1.165) is 26.4 Å². The van der Waals surface area contributed by atoms with Gasteiger partial charge in [-0.05, 0) is 56.1 Å². The minimum atomic E-state index is -0.981. The number of benzene rings is 2. The molecule has 6 nitrogen and oxygen atoms in total. The number of para-hydroxylation sites is 2. The Bertz CT molecular complexity index is 703. The fourth-order valence-corrected chi connectivity index (χ4v) is 2.09. The lowest BCUT2D eigenvalue weighted by Gasteiger charge is -2.05. The van der Waals surface area contributed by atoms with Gasteiger partial charge in [-0.15, -0.1) is 0 Å². The number of nitrogen functional groups attached to an aromatic ring is 1. The molecule has 0 spiro atoms. The second kappa shape index (κ2) is 13.9. The predicted octanol–water partition coefficient (Wildman–Crippen LogP) is 4.62. The quantitative estimate of drug-likeness (QED) is 0.361. The van der Waals surface area contributed by atoms with Crippen molar-refractivity contribution in [2.45, 2.75) is 6.42 Å². The highest BCUT2D eigenvalue weighted by Gasteiger charge is 1.98. The molecule has 8 heteroatoms. The number of anilines is 2. The van der Waals surface area contributed by atoms with E-state index in [1.54, 1.807) is 0 Å². The Hall–Kier alpha value is -2.32. The monoisotopic (exact) mass is 486 g/mol. The van der Waals surface area contributed by atoms with E-state index in [0.29, 0.717) is 6.54 Å². The van der Waals surface area contributed by atoms with Gasteiger partial charge in [0.05, 0.1) is 6.42 Å². The van der Waals surface area contributed by atoms with E-state index < -0.39 is 11.9 Å². The van der Waals surface area contributed by atoms with Crippen LogP contribution in [-0.4, -0.2) is 28.7 Å².